The third-order valence-electron chi connectivity index (χ3n) is 4.24. The van der Waals surface area contributed by atoms with Crippen LogP contribution in [-0.2, 0) is 6.54 Å². The molecule has 1 amide bonds. The van der Waals surface area contributed by atoms with Crippen LogP contribution in [0.5, 0.6) is 0 Å². The standard InChI is InChI=1S/C19H15NO/c1-13-6-2-3-7-15(13)12-20-17-11-5-9-14-8-4-10-16(18(14)17)19(20)21/h2-11H,12H2,1H3. The van der Waals surface area contributed by atoms with Crippen LogP contribution in [0.15, 0.2) is 60.7 Å². The number of carbonyl (C=O) groups is 1. The topological polar surface area (TPSA) is 20.3 Å². The minimum absolute atomic E-state index is 0.102. The van der Waals surface area contributed by atoms with Crippen LogP contribution in [0.2, 0.25) is 0 Å². The predicted octanol–water partition coefficient (Wildman–Crippen LogP) is 4.31. The Bertz CT molecular complexity index is 861. The first-order valence-corrected chi connectivity index (χ1v) is 7.14. The summed E-state index contributed by atoms with van der Waals surface area (Å²) in [5.41, 5.74) is 4.25. The summed E-state index contributed by atoms with van der Waals surface area (Å²) in [4.78, 5) is 14.6. The maximum absolute atomic E-state index is 12.7. The summed E-state index contributed by atoms with van der Waals surface area (Å²) in [6.07, 6.45) is 0. The lowest BCUT2D eigenvalue weighted by molar-refractivity contribution is 0.0991. The summed E-state index contributed by atoms with van der Waals surface area (Å²) in [7, 11) is 0. The molecule has 102 valence electrons. The van der Waals surface area contributed by atoms with E-state index in [-0.39, 0.29) is 5.91 Å². The fraction of sp³-hybridized carbons (Fsp3) is 0.105. The Morgan fingerprint density at radius 2 is 1.67 bits per heavy atom. The number of anilines is 1. The fourth-order valence-corrected chi connectivity index (χ4v) is 3.09. The molecule has 0 saturated heterocycles. The first-order chi connectivity index (χ1) is 10.3. The van der Waals surface area contributed by atoms with Crippen LogP contribution in [-0.4, -0.2) is 5.91 Å². The van der Waals surface area contributed by atoms with Gasteiger partial charge in [-0.3, -0.25) is 4.79 Å². The molecule has 0 spiro atoms. The van der Waals surface area contributed by atoms with Crippen LogP contribution in [0.3, 0.4) is 0 Å². The van der Waals surface area contributed by atoms with Crippen molar-refractivity contribution in [2.75, 3.05) is 4.90 Å². The molecule has 0 aromatic heterocycles. The van der Waals surface area contributed by atoms with Crippen LogP contribution >= 0.6 is 0 Å². The molecule has 2 nitrogen and oxygen atoms in total. The molecule has 0 bridgehead atoms. The highest BCUT2D eigenvalue weighted by atomic mass is 16.2. The van der Waals surface area contributed by atoms with Gasteiger partial charge in [-0.1, -0.05) is 48.5 Å². The Morgan fingerprint density at radius 1 is 0.905 bits per heavy atom. The number of rotatable bonds is 2. The zero-order valence-corrected chi connectivity index (χ0v) is 11.8. The molecule has 3 aromatic carbocycles. The summed E-state index contributed by atoms with van der Waals surface area (Å²) in [5.74, 6) is 0.102. The lowest BCUT2D eigenvalue weighted by Gasteiger charge is -2.19. The SMILES string of the molecule is Cc1ccccc1CN1C(=O)c2cccc3cccc1c23. The van der Waals surface area contributed by atoms with Gasteiger partial charge in [0.15, 0.2) is 0 Å². The molecule has 1 aliphatic rings. The highest BCUT2D eigenvalue weighted by Gasteiger charge is 2.29. The molecule has 0 aliphatic carbocycles. The van der Waals surface area contributed by atoms with E-state index in [2.05, 4.69) is 31.2 Å². The zero-order chi connectivity index (χ0) is 14.4. The van der Waals surface area contributed by atoms with E-state index in [1.807, 2.05) is 41.3 Å². The van der Waals surface area contributed by atoms with Crippen molar-refractivity contribution in [2.45, 2.75) is 13.5 Å². The van der Waals surface area contributed by atoms with Gasteiger partial charge in [-0.25, -0.2) is 0 Å². The van der Waals surface area contributed by atoms with E-state index in [1.54, 1.807) is 0 Å². The highest BCUT2D eigenvalue weighted by molar-refractivity contribution is 6.24. The molecule has 3 aromatic rings. The predicted molar refractivity (Wildman–Crippen MR) is 85.6 cm³/mol. The summed E-state index contributed by atoms with van der Waals surface area (Å²) in [6, 6.07) is 20.3. The summed E-state index contributed by atoms with van der Waals surface area (Å²) < 4.78 is 0. The van der Waals surface area contributed by atoms with Crippen molar-refractivity contribution in [1.82, 2.24) is 0 Å². The van der Waals surface area contributed by atoms with Gasteiger partial charge >= 0.3 is 0 Å². The molecule has 21 heavy (non-hydrogen) atoms. The molecule has 0 atom stereocenters. The Kier molecular flexibility index (Phi) is 2.58. The van der Waals surface area contributed by atoms with Crippen molar-refractivity contribution in [2.24, 2.45) is 0 Å². The average Bonchev–Trinajstić information content (AvgIpc) is 2.78. The highest BCUT2D eigenvalue weighted by Crippen LogP contribution is 2.38. The maximum atomic E-state index is 12.7. The van der Waals surface area contributed by atoms with Gasteiger partial charge in [0.2, 0.25) is 0 Å². The van der Waals surface area contributed by atoms with E-state index in [4.69, 9.17) is 0 Å². The Hall–Kier alpha value is -2.61. The van der Waals surface area contributed by atoms with Gasteiger partial charge in [0.25, 0.3) is 5.91 Å². The van der Waals surface area contributed by atoms with Gasteiger partial charge in [-0.2, -0.15) is 0 Å². The van der Waals surface area contributed by atoms with Crippen molar-refractivity contribution < 1.29 is 4.79 Å². The minimum Gasteiger partial charge on any atom is -0.303 e. The second-order valence-corrected chi connectivity index (χ2v) is 5.50. The monoisotopic (exact) mass is 273 g/mol. The first-order valence-electron chi connectivity index (χ1n) is 7.14. The van der Waals surface area contributed by atoms with Crippen LogP contribution < -0.4 is 4.90 Å². The Labute approximate surface area is 123 Å². The van der Waals surface area contributed by atoms with E-state index in [1.165, 1.54) is 11.1 Å². The largest absolute Gasteiger partial charge is 0.303 e. The summed E-state index contributed by atoms with van der Waals surface area (Å²) in [6.45, 7) is 2.71. The quantitative estimate of drug-likeness (QED) is 0.681. The van der Waals surface area contributed by atoms with Crippen LogP contribution in [0.1, 0.15) is 21.5 Å². The lowest BCUT2D eigenvalue weighted by Crippen LogP contribution is -2.26. The molecule has 0 saturated carbocycles. The van der Waals surface area contributed by atoms with Crippen molar-refractivity contribution in [3.8, 4) is 0 Å². The van der Waals surface area contributed by atoms with E-state index in [9.17, 15) is 4.79 Å². The van der Waals surface area contributed by atoms with Crippen molar-refractivity contribution >= 4 is 22.4 Å². The van der Waals surface area contributed by atoms with Gasteiger partial charge in [0, 0.05) is 10.9 Å². The second-order valence-electron chi connectivity index (χ2n) is 5.50. The number of hydrogen-bond acceptors (Lipinski definition) is 1. The molecule has 0 N–H and O–H groups in total. The normalized spacial score (nSPS) is 13.2. The number of carbonyl (C=O) groups excluding carboxylic acids is 1. The summed E-state index contributed by atoms with van der Waals surface area (Å²) in [5, 5.41) is 2.21. The number of aryl methyl sites for hydroxylation is 1. The van der Waals surface area contributed by atoms with Crippen molar-refractivity contribution in [3.63, 3.8) is 0 Å². The van der Waals surface area contributed by atoms with Crippen molar-refractivity contribution in [3.05, 3.63) is 77.4 Å². The van der Waals surface area contributed by atoms with Gasteiger partial charge < -0.3 is 4.90 Å². The number of amides is 1. The molecule has 4 rings (SSSR count). The number of hydrogen-bond donors (Lipinski definition) is 0. The number of nitrogens with zero attached hydrogens (tertiary/aromatic N) is 1. The van der Waals surface area contributed by atoms with Gasteiger partial charge in [0.1, 0.15) is 0 Å². The first kappa shape index (κ1) is 12.2. The molecular weight excluding hydrogens is 258 g/mol. The van der Waals surface area contributed by atoms with Crippen molar-refractivity contribution in [1.29, 1.82) is 0 Å². The Balaban J connectivity index is 1.85. The van der Waals surface area contributed by atoms with Gasteiger partial charge in [0.05, 0.1) is 12.2 Å². The second kappa shape index (κ2) is 4.45. The molecule has 0 unspecified atom stereocenters. The van der Waals surface area contributed by atoms with Crippen LogP contribution in [0, 0.1) is 6.92 Å². The third-order valence-corrected chi connectivity index (χ3v) is 4.24. The molecule has 2 heteroatoms. The fourth-order valence-electron chi connectivity index (χ4n) is 3.09. The third kappa shape index (κ3) is 1.76. The maximum Gasteiger partial charge on any atom is 0.259 e. The Morgan fingerprint density at radius 3 is 2.48 bits per heavy atom. The molecule has 1 aliphatic heterocycles. The van der Waals surface area contributed by atoms with Gasteiger partial charge in [-0.15, -0.1) is 0 Å². The average molecular weight is 273 g/mol. The molecule has 0 radical (unpaired) electrons. The van der Waals surface area contributed by atoms with Gasteiger partial charge in [-0.05, 0) is 35.6 Å². The molecule has 1 heterocycles. The van der Waals surface area contributed by atoms with E-state index >= 15 is 0 Å². The smallest absolute Gasteiger partial charge is 0.259 e. The van der Waals surface area contributed by atoms with E-state index < -0.39 is 0 Å². The lowest BCUT2D eigenvalue weighted by atomic mass is 10.1. The minimum atomic E-state index is 0.102. The van der Waals surface area contributed by atoms with Crippen LogP contribution in [0.25, 0.3) is 10.8 Å². The molecular formula is C19H15NO. The number of benzene rings is 3. The van der Waals surface area contributed by atoms with Crippen LogP contribution in [0.4, 0.5) is 5.69 Å². The van der Waals surface area contributed by atoms with E-state index in [0.29, 0.717) is 6.54 Å². The molecule has 0 fully saturated rings. The van der Waals surface area contributed by atoms with E-state index in [0.717, 1.165) is 22.0 Å². The summed E-state index contributed by atoms with van der Waals surface area (Å²) >= 11 is 0. The zero-order valence-electron chi connectivity index (χ0n) is 11.8.